The summed E-state index contributed by atoms with van der Waals surface area (Å²) in [5.41, 5.74) is 3.93. The molecule has 0 unspecified atom stereocenters. The third-order valence-electron chi connectivity index (χ3n) is 5.18. The van der Waals surface area contributed by atoms with Crippen LogP contribution in [0.2, 0.25) is 0 Å². The van der Waals surface area contributed by atoms with Crippen LogP contribution >= 0.6 is 0 Å². The molecule has 3 aromatic carbocycles. The fourth-order valence-electron chi connectivity index (χ4n) is 3.26. The zero-order chi connectivity index (χ0) is 23.4. The highest BCUT2D eigenvalue weighted by molar-refractivity contribution is 6.10. The summed E-state index contributed by atoms with van der Waals surface area (Å²) in [4.78, 5) is 25.6. The van der Waals surface area contributed by atoms with Crippen molar-refractivity contribution in [3.05, 3.63) is 95.8 Å². The fraction of sp³-hybridized carbons (Fsp3) is 0.160. The Morgan fingerprint density at radius 2 is 1.27 bits per heavy atom. The minimum Gasteiger partial charge on any atom is -0.320 e. The third-order valence-corrected chi connectivity index (χ3v) is 5.18. The number of nitrogens with zero attached hydrogens (tertiary/aromatic N) is 4. The summed E-state index contributed by atoms with van der Waals surface area (Å²) >= 11 is 0. The molecular formula is C25H24N6O2. The van der Waals surface area contributed by atoms with Gasteiger partial charge in [0.25, 0.3) is 11.8 Å². The van der Waals surface area contributed by atoms with Gasteiger partial charge in [-0.3, -0.25) is 9.59 Å². The summed E-state index contributed by atoms with van der Waals surface area (Å²) in [7, 11) is 0. The van der Waals surface area contributed by atoms with Gasteiger partial charge in [0, 0.05) is 11.1 Å². The first kappa shape index (κ1) is 21.9. The van der Waals surface area contributed by atoms with E-state index in [-0.39, 0.29) is 17.2 Å². The van der Waals surface area contributed by atoms with Crippen molar-refractivity contribution in [2.75, 3.05) is 10.6 Å². The van der Waals surface area contributed by atoms with Gasteiger partial charge in [0.05, 0.1) is 17.1 Å². The molecule has 0 aliphatic carbocycles. The molecule has 0 aliphatic heterocycles. The number of tetrazole rings is 1. The van der Waals surface area contributed by atoms with E-state index >= 15 is 0 Å². The van der Waals surface area contributed by atoms with Crippen LogP contribution in [-0.2, 0) is 5.41 Å². The average Bonchev–Trinajstić information content (AvgIpc) is 3.35. The number of carbonyl (C=O) groups excluding carboxylic acids is 2. The molecular weight excluding hydrogens is 416 g/mol. The molecule has 1 heterocycles. The Kier molecular flexibility index (Phi) is 5.99. The SMILES string of the molecule is CC(C)(C)c1ccc(C(=O)Nc2ccccc2NC(=O)c2ccc(-n3cnnn3)cc2)cc1. The highest BCUT2D eigenvalue weighted by Gasteiger charge is 2.16. The smallest absolute Gasteiger partial charge is 0.255 e. The monoisotopic (exact) mass is 440 g/mol. The minimum atomic E-state index is -0.297. The lowest BCUT2D eigenvalue weighted by molar-refractivity contribution is 0.101. The second kappa shape index (κ2) is 9.04. The van der Waals surface area contributed by atoms with Crippen LogP contribution in [0.1, 0.15) is 47.1 Å². The Hall–Kier alpha value is -4.33. The first-order valence-electron chi connectivity index (χ1n) is 10.5. The molecule has 0 atom stereocenters. The van der Waals surface area contributed by atoms with Crippen LogP contribution in [0.25, 0.3) is 5.69 Å². The molecule has 33 heavy (non-hydrogen) atoms. The molecule has 4 aromatic rings. The molecule has 0 spiro atoms. The highest BCUT2D eigenvalue weighted by Crippen LogP contribution is 2.25. The lowest BCUT2D eigenvalue weighted by Gasteiger charge is -2.19. The van der Waals surface area contributed by atoms with Crippen LogP contribution in [0.3, 0.4) is 0 Å². The second-order valence-electron chi connectivity index (χ2n) is 8.58. The van der Waals surface area contributed by atoms with Gasteiger partial charge in [-0.25, -0.2) is 4.68 Å². The maximum absolute atomic E-state index is 12.8. The summed E-state index contributed by atoms with van der Waals surface area (Å²) in [6, 6.07) is 21.5. The van der Waals surface area contributed by atoms with E-state index in [1.54, 1.807) is 48.5 Å². The van der Waals surface area contributed by atoms with E-state index in [2.05, 4.69) is 46.9 Å². The number of nitrogens with one attached hydrogen (secondary N) is 2. The van der Waals surface area contributed by atoms with E-state index in [1.165, 1.54) is 11.0 Å². The van der Waals surface area contributed by atoms with Crippen molar-refractivity contribution in [3.63, 3.8) is 0 Å². The summed E-state index contributed by atoms with van der Waals surface area (Å²) in [5, 5.41) is 16.8. The summed E-state index contributed by atoms with van der Waals surface area (Å²) in [5.74, 6) is -0.544. The Morgan fingerprint density at radius 3 is 1.73 bits per heavy atom. The van der Waals surface area contributed by atoms with Gasteiger partial charge in [-0.2, -0.15) is 0 Å². The second-order valence-corrected chi connectivity index (χ2v) is 8.58. The van der Waals surface area contributed by atoms with Crippen molar-refractivity contribution in [1.82, 2.24) is 20.2 Å². The molecule has 8 heteroatoms. The minimum absolute atomic E-state index is 0.0102. The standard InChI is InChI=1S/C25H24N6O2/c1-25(2,3)19-12-8-17(9-13-19)23(32)27-21-6-4-5-7-22(21)28-24(33)18-10-14-20(15-11-18)31-16-26-29-30-31/h4-16H,1-3H3,(H,27,32)(H,28,33). The number of benzene rings is 3. The topological polar surface area (TPSA) is 102 Å². The van der Waals surface area contributed by atoms with Crippen molar-refractivity contribution >= 4 is 23.2 Å². The lowest BCUT2D eigenvalue weighted by Crippen LogP contribution is -2.17. The quantitative estimate of drug-likeness (QED) is 0.477. The van der Waals surface area contributed by atoms with Crippen LogP contribution < -0.4 is 10.6 Å². The predicted molar refractivity (Wildman–Crippen MR) is 127 cm³/mol. The number of hydrogen-bond acceptors (Lipinski definition) is 5. The van der Waals surface area contributed by atoms with E-state index in [0.717, 1.165) is 11.3 Å². The third kappa shape index (κ3) is 5.12. The molecule has 1 aromatic heterocycles. The summed E-state index contributed by atoms with van der Waals surface area (Å²) in [6.45, 7) is 6.38. The van der Waals surface area contributed by atoms with Gasteiger partial charge >= 0.3 is 0 Å². The van der Waals surface area contributed by atoms with Crippen LogP contribution in [-0.4, -0.2) is 32.0 Å². The van der Waals surface area contributed by atoms with Crippen LogP contribution in [0.5, 0.6) is 0 Å². The Morgan fingerprint density at radius 1 is 0.758 bits per heavy atom. The molecule has 0 fully saturated rings. The fourth-order valence-corrected chi connectivity index (χ4v) is 3.26. The molecule has 0 saturated carbocycles. The van der Waals surface area contributed by atoms with Crippen molar-refractivity contribution in [1.29, 1.82) is 0 Å². The summed E-state index contributed by atoms with van der Waals surface area (Å²) < 4.78 is 1.50. The Bertz CT molecular complexity index is 1260. The van der Waals surface area contributed by atoms with Crippen molar-refractivity contribution < 1.29 is 9.59 Å². The molecule has 2 amide bonds. The van der Waals surface area contributed by atoms with Crippen molar-refractivity contribution in [2.45, 2.75) is 26.2 Å². The zero-order valence-corrected chi connectivity index (χ0v) is 18.6. The normalized spacial score (nSPS) is 11.1. The maximum atomic E-state index is 12.8. The van der Waals surface area contributed by atoms with Crippen molar-refractivity contribution in [3.8, 4) is 5.69 Å². The lowest BCUT2D eigenvalue weighted by atomic mass is 9.87. The van der Waals surface area contributed by atoms with Gasteiger partial charge in [-0.1, -0.05) is 45.0 Å². The number of amides is 2. The van der Waals surface area contributed by atoms with E-state index in [0.29, 0.717) is 22.5 Å². The van der Waals surface area contributed by atoms with Gasteiger partial charge in [0.2, 0.25) is 0 Å². The molecule has 0 saturated heterocycles. The first-order chi connectivity index (χ1) is 15.8. The molecule has 0 aliphatic rings. The number of para-hydroxylation sites is 2. The zero-order valence-electron chi connectivity index (χ0n) is 18.6. The maximum Gasteiger partial charge on any atom is 0.255 e. The number of anilines is 2. The molecule has 0 bridgehead atoms. The largest absolute Gasteiger partial charge is 0.320 e. The Balaban J connectivity index is 1.47. The Labute approximate surface area is 191 Å². The molecule has 8 nitrogen and oxygen atoms in total. The molecule has 2 N–H and O–H groups in total. The molecule has 0 radical (unpaired) electrons. The van der Waals surface area contributed by atoms with Gasteiger partial charge < -0.3 is 10.6 Å². The van der Waals surface area contributed by atoms with Crippen molar-refractivity contribution in [2.24, 2.45) is 0 Å². The van der Waals surface area contributed by atoms with Gasteiger partial charge in [-0.05, 0) is 69.9 Å². The highest BCUT2D eigenvalue weighted by atomic mass is 16.2. The van der Waals surface area contributed by atoms with E-state index < -0.39 is 0 Å². The number of carbonyl (C=O) groups is 2. The number of hydrogen-bond donors (Lipinski definition) is 2. The van der Waals surface area contributed by atoms with E-state index in [4.69, 9.17) is 0 Å². The predicted octanol–water partition coefficient (Wildman–Crippen LogP) is 4.46. The first-order valence-corrected chi connectivity index (χ1v) is 10.5. The van der Waals surface area contributed by atoms with Gasteiger partial charge in [0.15, 0.2) is 0 Å². The van der Waals surface area contributed by atoms with Gasteiger partial charge in [-0.15, -0.1) is 5.10 Å². The number of aromatic nitrogens is 4. The molecule has 4 rings (SSSR count). The van der Waals surface area contributed by atoms with Crippen LogP contribution in [0.4, 0.5) is 11.4 Å². The number of rotatable bonds is 5. The van der Waals surface area contributed by atoms with E-state index in [9.17, 15) is 9.59 Å². The van der Waals surface area contributed by atoms with Crippen LogP contribution in [0, 0.1) is 0 Å². The van der Waals surface area contributed by atoms with E-state index in [1.807, 2.05) is 24.3 Å². The average molecular weight is 441 g/mol. The van der Waals surface area contributed by atoms with Gasteiger partial charge in [0.1, 0.15) is 6.33 Å². The van der Waals surface area contributed by atoms with Crippen LogP contribution in [0.15, 0.2) is 79.1 Å². The summed E-state index contributed by atoms with van der Waals surface area (Å²) in [6.07, 6.45) is 1.48. The molecule has 166 valence electrons.